The lowest BCUT2D eigenvalue weighted by molar-refractivity contribution is 0.131. The Kier molecular flexibility index (Phi) is 3.00. The van der Waals surface area contributed by atoms with Crippen molar-refractivity contribution in [2.75, 3.05) is 6.61 Å². The molecule has 0 radical (unpaired) electrons. The van der Waals surface area contributed by atoms with Crippen LogP contribution in [-0.4, -0.2) is 36.0 Å². The first-order chi connectivity index (χ1) is 8.84. The van der Waals surface area contributed by atoms with Crippen LogP contribution >= 0.6 is 0 Å². The molecule has 3 rings (SSSR count). The van der Waals surface area contributed by atoms with Crippen molar-refractivity contribution in [2.45, 2.75) is 31.5 Å². The van der Waals surface area contributed by atoms with Crippen molar-refractivity contribution < 1.29 is 9.53 Å². The summed E-state index contributed by atoms with van der Waals surface area (Å²) in [7, 11) is 0. The van der Waals surface area contributed by atoms with Gasteiger partial charge in [-0.25, -0.2) is 4.79 Å². The number of nitrogens with zero attached hydrogens (tertiary/aromatic N) is 2. The fourth-order valence-electron chi connectivity index (χ4n) is 2.59. The van der Waals surface area contributed by atoms with Crippen LogP contribution in [0.25, 0.3) is 0 Å². The average molecular weight is 244 g/mol. The molecule has 2 fully saturated rings. The summed E-state index contributed by atoms with van der Waals surface area (Å²) in [5.74, 6) is 0. The molecule has 0 spiro atoms. The zero-order valence-corrected chi connectivity index (χ0v) is 10.2. The van der Waals surface area contributed by atoms with Crippen LogP contribution in [0.5, 0.6) is 0 Å². The predicted octanol–water partition coefficient (Wildman–Crippen LogP) is 2.44. The molecule has 94 valence electrons. The third kappa shape index (κ3) is 2.10. The largest absolute Gasteiger partial charge is 0.447 e. The normalized spacial score (nSPS) is 27.3. The van der Waals surface area contributed by atoms with Crippen molar-refractivity contribution in [2.24, 2.45) is 4.99 Å². The summed E-state index contributed by atoms with van der Waals surface area (Å²) in [6, 6.07) is 10.2. The number of carbonyl (C=O) groups is 1. The van der Waals surface area contributed by atoms with Crippen molar-refractivity contribution in [1.82, 2.24) is 4.90 Å². The molecule has 1 aromatic rings. The van der Waals surface area contributed by atoms with E-state index in [9.17, 15) is 4.79 Å². The van der Waals surface area contributed by atoms with Crippen molar-refractivity contribution in [3.63, 3.8) is 0 Å². The van der Waals surface area contributed by atoms with E-state index in [0.717, 1.165) is 24.8 Å². The molecule has 0 aromatic heterocycles. The summed E-state index contributed by atoms with van der Waals surface area (Å²) >= 11 is 0. The Hall–Kier alpha value is -1.84. The molecule has 1 aromatic carbocycles. The van der Waals surface area contributed by atoms with Gasteiger partial charge >= 0.3 is 6.09 Å². The number of piperidine rings is 1. The lowest BCUT2D eigenvalue weighted by atomic mass is 10.0. The molecule has 2 aliphatic heterocycles. The Morgan fingerprint density at radius 1 is 1.28 bits per heavy atom. The van der Waals surface area contributed by atoms with E-state index >= 15 is 0 Å². The second-order valence-corrected chi connectivity index (χ2v) is 4.74. The molecular formula is C14H16N2O2. The molecule has 2 heterocycles. The van der Waals surface area contributed by atoms with Gasteiger partial charge in [-0.1, -0.05) is 30.3 Å². The fraction of sp³-hybridized carbons (Fsp3) is 0.429. The molecule has 2 aliphatic rings. The van der Waals surface area contributed by atoms with Gasteiger partial charge in [-0.3, -0.25) is 9.89 Å². The highest BCUT2D eigenvalue weighted by molar-refractivity contribution is 5.80. The summed E-state index contributed by atoms with van der Waals surface area (Å²) in [5.41, 5.74) is 1.06. The molecule has 18 heavy (non-hydrogen) atoms. The van der Waals surface area contributed by atoms with Gasteiger partial charge in [-0.15, -0.1) is 0 Å². The van der Waals surface area contributed by atoms with Crippen LogP contribution < -0.4 is 0 Å². The van der Waals surface area contributed by atoms with Crippen molar-refractivity contribution in [3.05, 3.63) is 35.9 Å². The summed E-state index contributed by atoms with van der Waals surface area (Å²) < 4.78 is 5.10. The van der Waals surface area contributed by atoms with Crippen LogP contribution in [0.15, 0.2) is 35.3 Å². The summed E-state index contributed by atoms with van der Waals surface area (Å²) in [6.07, 6.45) is 4.64. The first-order valence-electron chi connectivity index (χ1n) is 6.38. The summed E-state index contributed by atoms with van der Waals surface area (Å²) in [6.45, 7) is 0.524. The van der Waals surface area contributed by atoms with Gasteiger partial charge in [0.05, 0.1) is 6.04 Å². The Morgan fingerprint density at radius 2 is 2.11 bits per heavy atom. The Balaban J connectivity index is 1.75. The zero-order valence-electron chi connectivity index (χ0n) is 10.2. The topological polar surface area (TPSA) is 41.9 Å². The number of amides is 1. The van der Waals surface area contributed by atoms with Gasteiger partial charge in [0.1, 0.15) is 12.8 Å². The van der Waals surface area contributed by atoms with Crippen LogP contribution in [0.2, 0.25) is 0 Å². The van der Waals surface area contributed by atoms with Gasteiger partial charge in [0.25, 0.3) is 0 Å². The highest BCUT2D eigenvalue weighted by Crippen LogP contribution is 2.28. The molecule has 1 amide bonds. The van der Waals surface area contributed by atoms with Crippen LogP contribution in [0, 0.1) is 0 Å². The second-order valence-electron chi connectivity index (χ2n) is 4.74. The van der Waals surface area contributed by atoms with E-state index in [1.165, 1.54) is 0 Å². The number of hydrogen-bond donors (Lipinski definition) is 0. The molecule has 0 aliphatic carbocycles. The number of benzene rings is 1. The van der Waals surface area contributed by atoms with E-state index in [0.29, 0.717) is 6.61 Å². The number of rotatable bonds is 2. The lowest BCUT2D eigenvalue weighted by Gasteiger charge is -2.32. The standard InChI is InChI=1S/C14H16N2O2/c17-14-16-12(10-18-14)7-4-8-13(16)15-9-11-5-2-1-3-6-11/h1-3,5-6,9,12-13H,4,7-8,10H2/b15-9+/t12-,13-/m0/s1. The van der Waals surface area contributed by atoms with Gasteiger partial charge in [0, 0.05) is 6.21 Å². The maximum absolute atomic E-state index is 11.7. The lowest BCUT2D eigenvalue weighted by Crippen LogP contribution is -2.44. The number of fused-ring (bicyclic) bond motifs is 1. The van der Waals surface area contributed by atoms with Crippen molar-refractivity contribution in [3.8, 4) is 0 Å². The number of hydrogen-bond acceptors (Lipinski definition) is 3. The summed E-state index contributed by atoms with van der Waals surface area (Å²) in [5, 5.41) is 0. The molecule has 0 N–H and O–H groups in total. The van der Waals surface area contributed by atoms with E-state index in [1.807, 2.05) is 36.5 Å². The van der Waals surface area contributed by atoms with E-state index in [-0.39, 0.29) is 18.3 Å². The molecule has 2 atom stereocenters. The third-order valence-corrected chi connectivity index (χ3v) is 3.52. The van der Waals surface area contributed by atoms with Crippen LogP contribution in [0.1, 0.15) is 24.8 Å². The molecule has 4 nitrogen and oxygen atoms in total. The average Bonchev–Trinajstić information content (AvgIpc) is 2.80. The van der Waals surface area contributed by atoms with Gasteiger partial charge in [-0.2, -0.15) is 0 Å². The minimum absolute atomic E-state index is 0.0565. The highest BCUT2D eigenvalue weighted by atomic mass is 16.6. The summed E-state index contributed by atoms with van der Waals surface area (Å²) in [4.78, 5) is 18.0. The van der Waals surface area contributed by atoms with Gasteiger partial charge < -0.3 is 4.74 Å². The minimum Gasteiger partial charge on any atom is -0.447 e. The fourth-order valence-corrected chi connectivity index (χ4v) is 2.59. The number of cyclic esters (lactones) is 1. The Labute approximate surface area is 106 Å². The Bertz CT molecular complexity index is 458. The second kappa shape index (κ2) is 4.80. The first-order valence-corrected chi connectivity index (χ1v) is 6.38. The molecule has 0 unspecified atom stereocenters. The smallest absolute Gasteiger partial charge is 0.411 e. The van der Waals surface area contributed by atoms with Crippen LogP contribution in [-0.2, 0) is 4.74 Å². The van der Waals surface area contributed by atoms with E-state index < -0.39 is 0 Å². The first kappa shape index (κ1) is 11.3. The van der Waals surface area contributed by atoms with Crippen LogP contribution in [0.4, 0.5) is 4.79 Å². The van der Waals surface area contributed by atoms with Crippen molar-refractivity contribution >= 4 is 12.3 Å². The molecular weight excluding hydrogens is 228 g/mol. The number of carbonyl (C=O) groups excluding carboxylic acids is 1. The molecule has 2 saturated heterocycles. The maximum atomic E-state index is 11.7. The SMILES string of the molecule is O=C1OC[C@@H]2CCC[C@@H](/N=C/c3ccccc3)N12. The Morgan fingerprint density at radius 3 is 2.94 bits per heavy atom. The van der Waals surface area contributed by atoms with Gasteiger partial charge in [0.15, 0.2) is 0 Å². The maximum Gasteiger partial charge on any atom is 0.411 e. The monoisotopic (exact) mass is 244 g/mol. The number of ether oxygens (including phenoxy) is 1. The van der Waals surface area contributed by atoms with Gasteiger partial charge in [0.2, 0.25) is 0 Å². The van der Waals surface area contributed by atoms with Gasteiger partial charge in [-0.05, 0) is 24.8 Å². The number of aliphatic imine (C=N–C) groups is 1. The zero-order chi connectivity index (χ0) is 12.4. The molecule has 0 bridgehead atoms. The van der Waals surface area contributed by atoms with Crippen molar-refractivity contribution in [1.29, 1.82) is 0 Å². The highest BCUT2D eigenvalue weighted by Gasteiger charge is 2.40. The van der Waals surface area contributed by atoms with E-state index in [4.69, 9.17) is 4.74 Å². The quantitative estimate of drug-likeness (QED) is 0.750. The van der Waals surface area contributed by atoms with E-state index in [1.54, 1.807) is 4.90 Å². The molecule has 4 heteroatoms. The molecule has 0 saturated carbocycles. The predicted molar refractivity (Wildman–Crippen MR) is 68.7 cm³/mol. The van der Waals surface area contributed by atoms with Crippen LogP contribution in [0.3, 0.4) is 0 Å². The minimum atomic E-state index is -0.213. The third-order valence-electron chi connectivity index (χ3n) is 3.52. The van der Waals surface area contributed by atoms with E-state index in [2.05, 4.69) is 4.99 Å².